The minimum Gasteiger partial charge on any atom is -0.462 e. The van der Waals surface area contributed by atoms with Gasteiger partial charge in [-0.3, -0.25) is 4.79 Å². The number of aryl methyl sites for hydroxylation is 1. The highest BCUT2D eigenvalue weighted by Crippen LogP contribution is 2.11. The standard InChI is InChI=1S/C14H15N5O5/c1-3-24-13(21)10-4-6-11(7-5-10)16-12(20)8-18-9(2)15-14(17-18)19(22)23/h4-7H,3,8H2,1-2H3,(H,16,20). The number of hydrogen-bond acceptors (Lipinski definition) is 7. The fourth-order valence-corrected chi connectivity index (χ4v) is 1.87. The van der Waals surface area contributed by atoms with Gasteiger partial charge in [0, 0.05) is 17.7 Å². The summed E-state index contributed by atoms with van der Waals surface area (Å²) in [5.41, 5.74) is 0.845. The SMILES string of the molecule is CCOC(=O)c1ccc(NC(=O)Cn2nc([N+](=O)[O-])nc2C)cc1. The van der Waals surface area contributed by atoms with Gasteiger partial charge in [-0.2, -0.15) is 4.68 Å². The number of carbonyl (C=O) groups is 2. The van der Waals surface area contributed by atoms with Crippen LogP contribution in [0.25, 0.3) is 0 Å². The van der Waals surface area contributed by atoms with E-state index in [9.17, 15) is 19.7 Å². The Balaban J connectivity index is 1.99. The van der Waals surface area contributed by atoms with E-state index in [1.165, 1.54) is 19.1 Å². The van der Waals surface area contributed by atoms with Gasteiger partial charge in [-0.05, 0) is 41.1 Å². The number of hydrogen-bond donors (Lipinski definition) is 1. The molecule has 1 aromatic heterocycles. The minimum atomic E-state index is -0.727. The maximum absolute atomic E-state index is 12.0. The van der Waals surface area contributed by atoms with Crippen LogP contribution in [0, 0.1) is 17.0 Å². The summed E-state index contributed by atoms with van der Waals surface area (Å²) in [5.74, 6) is -1.17. The first-order valence-corrected chi connectivity index (χ1v) is 7.03. The van der Waals surface area contributed by atoms with E-state index in [2.05, 4.69) is 15.4 Å². The van der Waals surface area contributed by atoms with Crippen molar-refractivity contribution in [2.24, 2.45) is 0 Å². The molecule has 0 aliphatic rings. The molecule has 2 rings (SSSR count). The predicted molar refractivity (Wildman–Crippen MR) is 82.4 cm³/mol. The Morgan fingerprint density at radius 1 is 1.33 bits per heavy atom. The van der Waals surface area contributed by atoms with Crippen LogP contribution in [0.4, 0.5) is 11.6 Å². The third-order valence-corrected chi connectivity index (χ3v) is 2.98. The Morgan fingerprint density at radius 3 is 2.54 bits per heavy atom. The van der Waals surface area contributed by atoms with Gasteiger partial charge >= 0.3 is 11.9 Å². The third-order valence-electron chi connectivity index (χ3n) is 2.98. The molecule has 0 aliphatic heterocycles. The van der Waals surface area contributed by atoms with E-state index >= 15 is 0 Å². The zero-order valence-corrected chi connectivity index (χ0v) is 13.1. The van der Waals surface area contributed by atoms with Gasteiger partial charge in [-0.1, -0.05) is 0 Å². The van der Waals surface area contributed by atoms with E-state index in [-0.39, 0.29) is 19.0 Å². The molecule has 0 saturated carbocycles. The number of nitrogens with one attached hydrogen (secondary N) is 1. The fraction of sp³-hybridized carbons (Fsp3) is 0.286. The number of carbonyl (C=O) groups excluding carboxylic acids is 2. The minimum absolute atomic E-state index is 0.216. The van der Waals surface area contributed by atoms with Gasteiger partial charge in [-0.25, -0.2) is 4.79 Å². The summed E-state index contributed by atoms with van der Waals surface area (Å²) in [4.78, 5) is 37.0. The first-order chi connectivity index (χ1) is 11.4. The molecule has 10 heteroatoms. The van der Waals surface area contributed by atoms with Crippen LogP contribution in [0.3, 0.4) is 0 Å². The second-order valence-corrected chi connectivity index (χ2v) is 4.72. The van der Waals surface area contributed by atoms with Crippen molar-refractivity contribution in [2.45, 2.75) is 20.4 Å². The summed E-state index contributed by atoms with van der Waals surface area (Å²) in [6, 6.07) is 6.17. The first-order valence-electron chi connectivity index (χ1n) is 7.03. The molecule has 10 nitrogen and oxygen atoms in total. The van der Waals surface area contributed by atoms with Crippen molar-refractivity contribution in [1.82, 2.24) is 14.8 Å². The highest BCUT2D eigenvalue weighted by molar-refractivity contribution is 5.92. The van der Waals surface area contributed by atoms with Crippen LogP contribution in [0.15, 0.2) is 24.3 Å². The zero-order valence-electron chi connectivity index (χ0n) is 13.1. The number of esters is 1. The smallest absolute Gasteiger partial charge is 0.462 e. The number of benzene rings is 1. The highest BCUT2D eigenvalue weighted by Gasteiger charge is 2.20. The van der Waals surface area contributed by atoms with Gasteiger partial charge in [0.15, 0.2) is 0 Å². The molecule has 0 unspecified atom stereocenters. The number of rotatable bonds is 6. The van der Waals surface area contributed by atoms with Crippen molar-refractivity contribution in [1.29, 1.82) is 0 Å². The molecule has 1 N–H and O–H groups in total. The van der Waals surface area contributed by atoms with Crippen molar-refractivity contribution in [3.63, 3.8) is 0 Å². The lowest BCUT2D eigenvalue weighted by atomic mass is 10.2. The van der Waals surface area contributed by atoms with Crippen LogP contribution < -0.4 is 5.32 Å². The van der Waals surface area contributed by atoms with Crippen LogP contribution in [-0.4, -0.2) is 38.2 Å². The molecule has 24 heavy (non-hydrogen) atoms. The molecule has 0 atom stereocenters. The molecule has 1 aromatic carbocycles. The van der Waals surface area contributed by atoms with E-state index < -0.39 is 22.7 Å². The Kier molecular flexibility index (Phi) is 5.20. The summed E-state index contributed by atoms with van der Waals surface area (Å²) in [6.07, 6.45) is 0. The fourth-order valence-electron chi connectivity index (χ4n) is 1.87. The number of ether oxygens (including phenoxy) is 1. The maximum Gasteiger partial charge on any atom is 0.491 e. The van der Waals surface area contributed by atoms with Gasteiger partial charge in [0.2, 0.25) is 11.7 Å². The van der Waals surface area contributed by atoms with E-state index in [0.717, 1.165) is 4.68 Å². The van der Waals surface area contributed by atoms with Crippen molar-refractivity contribution in [3.8, 4) is 0 Å². The van der Waals surface area contributed by atoms with Crippen LogP contribution in [0.5, 0.6) is 0 Å². The summed E-state index contributed by atoms with van der Waals surface area (Å²) in [7, 11) is 0. The Hall–Kier alpha value is -3.30. The molecule has 0 fully saturated rings. The highest BCUT2D eigenvalue weighted by atomic mass is 16.6. The first kappa shape index (κ1) is 17.1. The van der Waals surface area contributed by atoms with Crippen LogP contribution in [0.1, 0.15) is 23.1 Å². The largest absolute Gasteiger partial charge is 0.491 e. The Morgan fingerprint density at radius 2 is 2.00 bits per heavy atom. The molecule has 0 radical (unpaired) electrons. The normalized spacial score (nSPS) is 10.2. The van der Waals surface area contributed by atoms with E-state index in [1.54, 1.807) is 19.1 Å². The van der Waals surface area contributed by atoms with E-state index in [4.69, 9.17) is 4.74 Å². The lowest BCUT2D eigenvalue weighted by Crippen LogP contribution is -2.20. The average Bonchev–Trinajstić information content (AvgIpc) is 2.89. The van der Waals surface area contributed by atoms with Crippen molar-refractivity contribution < 1.29 is 19.2 Å². The molecule has 1 amide bonds. The number of aromatic nitrogens is 3. The summed E-state index contributed by atoms with van der Waals surface area (Å²) in [6.45, 7) is 3.29. The van der Waals surface area contributed by atoms with Gasteiger partial charge < -0.3 is 20.2 Å². The van der Waals surface area contributed by atoms with Gasteiger partial charge in [0.1, 0.15) is 6.54 Å². The van der Waals surface area contributed by atoms with Crippen LogP contribution in [0.2, 0.25) is 0 Å². The number of anilines is 1. The van der Waals surface area contributed by atoms with Crippen molar-refractivity contribution >= 4 is 23.5 Å². The van der Waals surface area contributed by atoms with Crippen LogP contribution in [-0.2, 0) is 16.1 Å². The average molecular weight is 333 g/mol. The zero-order chi connectivity index (χ0) is 17.7. The van der Waals surface area contributed by atoms with Crippen molar-refractivity contribution in [2.75, 3.05) is 11.9 Å². The third kappa shape index (κ3) is 4.12. The maximum atomic E-state index is 12.0. The summed E-state index contributed by atoms with van der Waals surface area (Å²) in [5, 5.41) is 16.8. The molecule has 0 bridgehead atoms. The predicted octanol–water partition coefficient (Wildman–Crippen LogP) is 1.31. The second-order valence-electron chi connectivity index (χ2n) is 4.72. The molecule has 0 spiro atoms. The molecule has 2 aromatic rings. The second kappa shape index (κ2) is 7.31. The topological polar surface area (TPSA) is 129 Å². The molecule has 1 heterocycles. The Bertz CT molecular complexity index is 768. The molecule has 0 saturated heterocycles. The number of amides is 1. The molecule has 126 valence electrons. The van der Waals surface area contributed by atoms with E-state index in [0.29, 0.717) is 11.3 Å². The molecule has 0 aliphatic carbocycles. The lowest BCUT2D eigenvalue weighted by molar-refractivity contribution is -0.394. The van der Waals surface area contributed by atoms with Crippen molar-refractivity contribution in [3.05, 3.63) is 45.8 Å². The quantitative estimate of drug-likeness (QED) is 0.479. The Labute approximate surface area is 136 Å². The summed E-state index contributed by atoms with van der Waals surface area (Å²) < 4.78 is 6.00. The number of nitro groups is 1. The van der Waals surface area contributed by atoms with E-state index in [1.807, 2.05) is 0 Å². The van der Waals surface area contributed by atoms with Gasteiger partial charge in [0.05, 0.1) is 12.2 Å². The monoisotopic (exact) mass is 333 g/mol. The lowest BCUT2D eigenvalue weighted by Gasteiger charge is -2.06. The van der Waals surface area contributed by atoms with Gasteiger partial charge in [0.25, 0.3) is 0 Å². The van der Waals surface area contributed by atoms with Gasteiger partial charge in [-0.15, -0.1) is 0 Å². The molecular weight excluding hydrogens is 318 g/mol. The summed E-state index contributed by atoms with van der Waals surface area (Å²) >= 11 is 0. The van der Waals surface area contributed by atoms with Crippen LogP contribution >= 0.6 is 0 Å². The molecular formula is C14H15N5O5. The number of nitrogens with zero attached hydrogens (tertiary/aromatic N) is 4.